The van der Waals surface area contributed by atoms with E-state index in [-0.39, 0.29) is 6.10 Å². The van der Waals surface area contributed by atoms with Gasteiger partial charge in [-0.15, -0.1) is 11.3 Å². The maximum absolute atomic E-state index is 5.92. The summed E-state index contributed by atoms with van der Waals surface area (Å²) in [7, 11) is 0. The molecule has 0 spiro atoms. The van der Waals surface area contributed by atoms with E-state index in [0.717, 1.165) is 38.4 Å². The SMILES string of the molecule is CCn1cc(C2OCCC2CNCc2scnc2C)cn1. The zero-order valence-corrected chi connectivity index (χ0v) is 13.4. The van der Waals surface area contributed by atoms with Gasteiger partial charge in [0.25, 0.3) is 0 Å². The lowest BCUT2D eigenvalue weighted by molar-refractivity contribution is 0.0904. The predicted molar refractivity (Wildman–Crippen MR) is 83.3 cm³/mol. The average molecular weight is 306 g/mol. The molecule has 1 N–H and O–H groups in total. The Kier molecular flexibility index (Phi) is 4.67. The summed E-state index contributed by atoms with van der Waals surface area (Å²) < 4.78 is 7.88. The third-order valence-electron chi connectivity index (χ3n) is 4.06. The van der Waals surface area contributed by atoms with Crippen LogP contribution < -0.4 is 5.32 Å². The summed E-state index contributed by atoms with van der Waals surface area (Å²) in [4.78, 5) is 5.61. The molecule has 0 bridgehead atoms. The molecular formula is C15H22N4OS. The molecule has 1 fully saturated rings. The van der Waals surface area contributed by atoms with E-state index in [1.165, 1.54) is 10.4 Å². The van der Waals surface area contributed by atoms with E-state index in [4.69, 9.17) is 4.74 Å². The summed E-state index contributed by atoms with van der Waals surface area (Å²) in [5.74, 6) is 0.521. The Bertz CT molecular complexity index is 580. The van der Waals surface area contributed by atoms with Crippen LogP contribution in [0.4, 0.5) is 0 Å². The van der Waals surface area contributed by atoms with Crippen molar-refractivity contribution in [2.75, 3.05) is 13.2 Å². The van der Waals surface area contributed by atoms with Crippen molar-refractivity contribution in [1.29, 1.82) is 0 Å². The van der Waals surface area contributed by atoms with Crippen LogP contribution >= 0.6 is 11.3 Å². The summed E-state index contributed by atoms with van der Waals surface area (Å²) >= 11 is 1.72. The summed E-state index contributed by atoms with van der Waals surface area (Å²) in [5, 5.41) is 7.91. The van der Waals surface area contributed by atoms with Gasteiger partial charge in [-0.05, 0) is 20.3 Å². The van der Waals surface area contributed by atoms with Crippen molar-refractivity contribution >= 4 is 11.3 Å². The Morgan fingerprint density at radius 3 is 3.14 bits per heavy atom. The first-order chi connectivity index (χ1) is 10.3. The lowest BCUT2D eigenvalue weighted by atomic mass is 9.97. The monoisotopic (exact) mass is 306 g/mol. The first-order valence-corrected chi connectivity index (χ1v) is 8.39. The lowest BCUT2D eigenvalue weighted by Crippen LogP contribution is -2.24. The molecule has 2 aromatic rings. The topological polar surface area (TPSA) is 52.0 Å². The normalized spacial score (nSPS) is 22.0. The number of thiazole rings is 1. The second-order valence-corrected chi connectivity index (χ2v) is 6.40. The van der Waals surface area contributed by atoms with E-state index in [1.54, 1.807) is 11.3 Å². The third-order valence-corrected chi connectivity index (χ3v) is 4.99. The van der Waals surface area contributed by atoms with Crippen LogP contribution in [0.15, 0.2) is 17.9 Å². The lowest BCUT2D eigenvalue weighted by Gasteiger charge is -2.17. The minimum atomic E-state index is 0.181. The van der Waals surface area contributed by atoms with Gasteiger partial charge in [-0.1, -0.05) is 0 Å². The van der Waals surface area contributed by atoms with Crippen LogP contribution in [0.25, 0.3) is 0 Å². The zero-order chi connectivity index (χ0) is 14.7. The minimum absolute atomic E-state index is 0.181. The molecule has 2 aromatic heterocycles. The Balaban J connectivity index is 1.55. The van der Waals surface area contributed by atoms with Crippen LogP contribution in [0, 0.1) is 12.8 Å². The molecule has 1 aliphatic heterocycles. The van der Waals surface area contributed by atoms with Crippen molar-refractivity contribution in [3.8, 4) is 0 Å². The first-order valence-electron chi connectivity index (χ1n) is 7.51. The molecule has 0 amide bonds. The maximum atomic E-state index is 5.92. The van der Waals surface area contributed by atoms with Crippen molar-refractivity contribution in [1.82, 2.24) is 20.1 Å². The van der Waals surface area contributed by atoms with Gasteiger partial charge in [0.05, 0.1) is 23.5 Å². The van der Waals surface area contributed by atoms with E-state index in [9.17, 15) is 0 Å². The molecule has 0 aliphatic carbocycles. The standard InChI is InChI=1S/C15H22N4OS/c1-3-19-9-13(7-18-19)15-12(4-5-20-15)6-16-8-14-11(2)17-10-21-14/h7,9-10,12,15-16H,3-6,8H2,1-2H3. The fourth-order valence-corrected chi connectivity index (χ4v) is 3.52. The molecule has 1 saturated heterocycles. The quantitative estimate of drug-likeness (QED) is 0.891. The summed E-state index contributed by atoms with van der Waals surface area (Å²) in [6.45, 7) is 7.78. The fourth-order valence-electron chi connectivity index (χ4n) is 2.78. The van der Waals surface area contributed by atoms with E-state index in [1.807, 2.05) is 16.4 Å². The molecule has 0 radical (unpaired) electrons. The molecule has 0 saturated carbocycles. The highest BCUT2D eigenvalue weighted by atomic mass is 32.1. The summed E-state index contributed by atoms with van der Waals surface area (Å²) in [6.07, 6.45) is 5.34. The molecule has 6 heteroatoms. The fraction of sp³-hybridized carbons (Fsp3) is 0.600. The Hall–Kier alpha value is -1.24. The van der Waals surface area contributed by atoms with Crippen molar-refractivity contribution in [3.63, 3.8) is 0 Å². The number of aryl methyl sites for hydroxylation is 2. The van der Waals surface area contributed by atoms with Crippen molar-refractivity contribution in [2.45, 2.75) is 39.5 Å². The number of hydrogen-bond donors (Lipinski definition) is 1. The molecule has 2 atom stereocenters. The number of rotatable bonds is 6. The first kappa shape index (κ1) is 14.7. The van der Waals surface area contributed by atoms with Gasteiger partial charge in [0.2, 0.25) is 0 Å². The van der Waals surface area contributed by atoms with Gasteiger partial charge in [0.15, 0.2) is 0 Å². The van der Waals surface area contributed by atoms with Crippen molar-refractivity contribution in [2.24, 2.45) is 5.92 Å². The van der Waals surface area contributed by atoms with Crippen molar-refractivity contribution < 1.29 is 4.74 Å². The van der Waals surface area contributed by atoms with Gasteiger partial charge >= 0.3 is 0 Å². The van der Waals surface area contributed by atoms with E-state index in [2.05, 4.69) is 35.4 Å². The summed E-state index contributed by atoms with van der Waals surface area (Å²) in [5.41, 5.74) is 4.25. The van der Waals surface area contributed by atoms with Crippen LogP contribution in [0.2, 0.25) is 0 Å². The van der Waals surface area contributed by atoms with E-state index in [0.29, 0.717) is 5.92 Å². The Morgan fingerprint density at radius 1 is 1.52 bits per heavy atom. The number of hydrogen-bond acceptors (Lipinski definition) is 5. The Morgan fingerprint density at radius 2 is 2.43 bits per heavy atom. The molecule has 2 unspecified atom stereocenters. The zero-order valence-electron chi connectivity index (χ0n) is 12.6. The second kappa shape index (κ2) is 6.68. The van der Waals surface area contributed by atoms with Gasteiger partial charge in [0, 0.05) is 48.8 Å². The molecule has 1 aliphatic rings. The highest BCUT2D eigenvalue weighted by Gasteiger charge is 2.30. The molecule has 114 valence electrons. The van der Waals surface area contributed by atoms with Gasteiger partial charge in [-0.2, -0.15) is 5.10 Å². The number of nitrogens with zero attached hydrogens (tertiary/aromatic N) is 3. The number of ether oxygens (including phenoxy) is 1. The van der Waals surface area contributed by atoms with Crippen LogP contribution in [0.3, 0.4) is 0 Å². The maximum Gasteiger partial charge on any atom is 0.0896 e. The van der Waals surface area contributed by atoms with Gasteiger partial charge < -0.3 is 10.1 Å². The van der Waals surface area contributed by atoms with Gasteiger partial charge in [0.1, 0.15) is 0 Å². The molecule has 0 aromatic carbocycles. The highest BCUT2D eigenvalue weighted by molar-refractivity contribution is 7.09. The molecule has 21 heavy (non-hydrogen) atoms. The van der Waals surface area contributed by atoms with E-state index >= 15 is 0 Å². The Labute approximate surface area is 129 Å². The smallest absolute Gasteiger partial charge is 0.0896 e. The van der Waals surface area contributed by atoms with Gasteiger partial charge in [-0.25, -0.2) is 4.98 Å². The molecule has 3 rings (SSSR count). The van der Waals surface area contributed by atoms with Crippen LogP contribution in [-0.4, -0.2) is 27.9 Å². The number of nitrogens with one attached hydrogen (secondary N) is 1. The number of aromatic nitrogens is 3. The second-order valence-electron chi connectivity index (χ2n) is 5.46. The largest absolute Gasteiger partial charge is 0.373 e. The van der Waals surface area contributed by atoms with Crippen molar-refractivity contribution in [3.05, 3.63) is 34.0 Å². The molecular weight excluding hydrogens is 284 g/mol. The van der Waals surface area contributed by atoms with E-state index < -0.39 is 0 Å². The third kappa shape index (κ3) is 3.33. The minimum Gasteiger partial charge on any atom is -0.373 e. The average Bonchev–Trinajstić information content (AvgIpc) is 3.20. The predicted octanol–water partition coefficient (Wildman–Crippen LogP) is 2.54. The summed E-state index contributed by atoms with van der Waals surface area (Å²) in [6, 6.07) is 0. The van der Waals surface area contributed by atoms with Gasteiger partial charge in [-0.3, -0.25) is 4.68 Å². The molecule has 5 nitrogen and oxygen atoms in total. The van der Waals surface area contributed by atoms with Crippen LogP contribution in [0.5, 0.6) is 0 Å². The van der Waals surface area contributed by atoms with Crippen LogP contribution in [-0.2, 0) is 17.8 Å². The van der Waals surface area contributed by atoms with Crippen LogP contribution in [0.1, 0.15) is 35.6 Å². The molecule has 3 heterocycles. The highest BCUT2D eigenvalue weighted by Crippen LogP contribution is 2.33.